The molecule has 9 nitrogen and oxygen atoms in total. The Balaban J connectivity index is 2.05. The van der Waals surface area contributed by atoms with E-state index in [2.05, 4.69) is 10.3 Å². The number of Topliss-reactive ketones (excluding diaryl/α,β-unsaturated/α-hetero) is 1. The first-order valence-corrected chi connectivity index (χ1v) is 8.57. The number of non-ortho nitro benzene ring substituents is 2. The Morgan fingerprint density at radius 3 is 2.07 bits per heavy atom. The van der Waals surface area contributed by atoms with Gasteiger partial charge >= 0.3 is 0 Å². The Kier molecular flexibility index (Phi) is 5.27. The number of carbonyl (C=O) groups is 1. The zero-order valence-electron chi connectivity index (χ0n) is 15.2. The predicted molar refractivity (Wildman–Crippen MR) is 102 cm³/mol. The molecule has 28 heavy (non-hydrogen) atoms. The van der Waals surface area contributed by atoms with Gasteiger partial charge in [-0.05, 0) is 25.0 Å². The molecule has 0 amide bonds. The maximum Gasteiger partial charge on any atom is 0.269 e. The summed E-state index contributed by atoms with van der Waals surface area (Å²) in [6, 6.07) is 11.6. The number of ketones is 1. The van der Waals surface area contributed by atoms with Crippen LogP contribution in [0.4, 0.5) is 11.4 Å². The van der Waals surface area contributed by atoms with Crippen LogP contribution in [0, 0.1) is 26.1 Å². The van der Waals surface area contributed by atoms with Crippen molar-refractivity contribution in [2.45, 2.75) is 26.1 Å². The van der Waals surface area contributed by atoms with Crippen molar-refractivity contribution < 1.29 is 14.6 Å². The summed E-state index contributed by atoms with van der Waals surface area (Å²) in [5, 5.41) is 25.4. The van der Waals surface area contributed by atoms with Crippen LogP contribution in [-0.4, -0.2) is 21.3 Å². The van der Waals surface area contributed by atoms with Gasteiger partial charge in [-0.2, -0.15) is 0 Å². The van der Waals surface area contributed by atoms with E-state index in [0.29, 0.717) is 16.8 Å². The third kappa shape index (κ3) is 3.79. The third-order valence-corrected chi connectivity index (χ3v) is 4.73. The molecule has 1 heterocycles. The second kappa shape index (κ2) is 7.65. The SMILES string of the molecule is CC(=O)C1C(C)=N[C@H](c2cccc([N+](=O)[O-])c2)N[C@H]1c1cccc([N+](=O)[O-])c1. The number of carbonyl (C=O) groups excluding carboxylic acids is 1. The van der Waals surface area contributed by atoms with Crippen LogP contribution in [0.25, 0.3) is 0 Å². The molecule has 144 valence electrons. The minimum atomic E-state index is -0.611. The average molecular weight is 382 g/mol. The number of hydrogen-bond acceptors (Lipinski definition) is 7. The van der Waals surface area contributed by atoms with Crippen molar-refractivity contribution in [1.82, 2.24) is 5.32 Å². The molecular formula is C19H18N4O5. The Bertz CT molecular complexity index is 988. The molecular weight excluding hydrogens is 364 g/mol. The smallest absolute Gasteiger partial charge is 0.269 e. The largest absolute Gasteiger partial charge is 0.299 e. The van der Waals surface area contributed by atoms with Gasteiger partial charge in [0.1, 0.15) is 11.9 Å². The van der Waals surface area contributed by atoms with Gasteiger partial charge in [-0.15, -0.1) is 0 Å². The summed E-state index contributed by atoms with van der Waals surface area (Å²) in [4.78, 5) is 38.0. The quantitative estimate of drug-likeness (QED) is 0.622. The molecule has 0 saturated heterocycles. The van der Waals surface area contributed by atoms with Crippen molar-refractivity contribution in [1.29, 1.82) is 0 Å². The van der Waals surface area contributed by atoms with E-state index in [9.17, 15) is 25.0 Å². The monoisotopic (exact) mass is 382 g/mol. The summed E-state index contributed by atoms with van der Waals surface area (Å²) in [5.41, 5.74) is 1.59. The summed E-state index contributed by atoms with van der Waals surface area (Å²) in [6.45, 7) is 3.17. The molecule has 0 fully saturated rings. The van der Waals surface area contributed by atoms with Crippen LogP contribution in [-0.2, 0) is 4.79 Å². The zero-order valence-corrected chi connectivity index (χ0v) is 15.2. The minimum absolute atomic E-state index is 0.0623. The van der Waals surface area contributed by atoms with Gasteiger partial charge in [0.15, 0.2) is 0 Å². The van der Waals surface area contributed by atoms with E-state index in [1.165, 1.54) is 31.2 Å². The normalized spacial score (nSPS) is 21.6. The van der Waals surface area contributed by atoms with Crippen molar-refractivity contribution >= 4 is 22.9 Å². The number of benzene rings is 2. The molecule has 0 radical (unpaired) electrons. The van der Waals surface area contributed by atoms with Gasteiger partial charge in [0.25, 0.3) is 11.4 Å². The van der Waals surface area contributed by atoms with Gasteiger partial charge in [-0.3, -0.25) is 35.3 Å². The lowest BCUT2D eigenvalue weighted by Gasteiger charge is -2.34. The number of aliphatic imine (C=N–C) groups is 1. The second-order valence-electron chi connectivity index (χ2n) is 6.61. The van der Waals surface area contributed by atoms with Crippen molar-refractivity contribution in [3.8, 4) is 0 Å². The third-order valence-electron chi connectivity index (χ3n) is 4.73. The fourth-order valence-electron chi connectivity index (χ4n) is 3.46. The van der Waals surface area contributed by atoms with E-state index >= 15 is 0 Å². The summed E-state index contributed by atoms with van der Waals surface area (Å²) in [7, 11) is 0. The summed E-state index contributed by atoms with van der Waals surface area (Å²) in [5.74, 6) is -0.709. The number of nitro groups is 2. The van der Waals surface area contributed by atoms with Gasteiger partial charge < -0.3 is 0 Å². The lowest BCUT2D eigenvalue weighted by Crippen LogP contribution is -2.42. The highest BCUT2D eigenvalue weighted by Gasteiger charge is 2.36. The lowest BCUT2D eigenvalue weighted by molar-refractivity contribution is -0.385. The average Bonchev–Trinajstić information content (AvgIpc) is 2.67. The van der Waals surface area contributed by atoms with Crippen LogP contribution < -0.4 is 5.32 Å². The van der Waals surface area contributed by atoms with Crippen LogP contribution in [0.5, 0.6) is 0 Å². The molecule has 1 aliphatic rings. The van der Waals surface area contributed by atoms with Crippen LogP contribution in [0.3, 0.4) is 0 Å². The standard InChI is InChI=1S/C19H18N4O5/c1-11-17(12(2)24)18(13-5-3-7-15(9-13)22(25)26)21-19(20-11)14-6-4-8-16(10-14)23(27)28/h3-10,17-19,21H,1-2H3/t17?,18-,19-/m0/s1. The fraction of sp³-hybridized carbons (Fsp3) is 0.263. The molecule has 2 aromatic rings. The van der Waals surface area contributed by atoms with E-state index in [0.717, 1.165) is 0 Å². The van der Waals surface area contributed by atoms with Gasteiger partial charge in [-0.1, -0.05) is 24.3 Å². The first-order valence-electron chi connectivity index (χ1n) is 8.57. The first-order chi connectivity index (χ1) is 13.3. The van der Waals surface area contributed by atoms with Gasteiger partial charge in [0, 0.05) is 36.0 Å². The highest BCUT2D eigenvalue weighted by molar-refractivity contribution is 6.04. The molecule has 0 aliphatic carbocycles. The summed E-state index contributed by atoms with van der Waals surface area (Å²) >= 11 is 0. The van der Waals surface area contributed by atoms with Crippen molar-refractivity contribution in [3.63, 3.8) is 0 Å². The molecule has 2 aromatic carbocycles. The maximum absolute atomic E-state index is 12.3. The van der Waals surface area contributed by atoms with E-state index in [1.807, 2.05) is 0 Å². The Morgan fingerprint density at radius 2 is 1.54 bits per heavy atom. The van der Waals surface area contributed by atoms with E-state index < -0.39 is 28.0 Å². The second-order valence-corrected chi connectivity index (χ2v) is 6.61. The predicted octanol–water partition coefficient (Wildman–Crippen LogP) is 3.51. The van der Waals surface area contributed by atoms with Crippen molar-refractivity contribution in [3.05, 3.63) is 79.9 Å². The van der Waals surface area contributed by atoms with Crippen molar-refractivity contribution in [2.24, 2.45) is 10.9 Å². The summed E-state index contributed by atoms with van der Waals surface area (Å²) in [6.07, 6.45) is -0.611. The molecule has 1 unspecified atom stereocenters. The number of rotatable bonds is 5. The number of hydrogen-bond donors (Lipinski definition) is 1. The topological polar surface area (TPSA) is 128 Å². The molecule has 0 saturated carbocycles. The minimum Gasteiger partial charge on any atom is -0.299 e. The number of nitrogens with zero attached hydrogens (tertiary/aromatic N) is 3. The highest BCUT2D eigenvalue weighted by atomic mass is 16.6. The Labute approximate surface area is 160 Å². The summed E-state index contributed by atoms with van der Waals surface area (Å²) < 4.78 is 0. The molecule has 3 atom stereocenters. The number of nitro benzene ring substituents is 2. The van der Waals surface area contributed by atoms with Crippen LogP contribution in [0.15, 0.2) is 53.5 Å². The molecule has 1 aliphatic heterocycles. The molecule has 3 rings (SSSR count). The van der Waals surface area contributed by atoms with E-state index in [1.54, 1.807) is 31.2 Å². The molecule has 0 bridgehead atoms. The maximum atomic E-state index is 12.3. The lowest BCUT2D eigenvalue weighted by atomic mass is 9.84. The Hall–Kier alpha value is -3.46. The number of nitrogens with one attached hydrogen (secondary N) is 1. The molecule has 0 aromatic heterocycles. The fourth-order valence-corrected chi connectivity index (χ4v) is 3.46. The van der Waals surface area contributed by atoms with Crippen LogP contribution >= 0.6 is 0 Å². The van der Waals surface area contributed by atoms with Gasteiger partial charge in [-0.25, -0.2) is 0 Å². The first kappa shape index (κ1) is 19.3. The Morgan fingerprint density at radius 1 is 1.00 bits per heavy atom. The van der Waals surface area contributed by atoms with E-state index in [4.69, 9.17) is 0 Å². The van der Waals surface area contributed by atoms with Gasteiger partial charge in [0.2, 0.25) is 0 Å². The van der Waals surface area contributed by atoms with E-state index in [-0.39, 0.29) is 17.2 Å². The van der Waals surface area contributed by atoms with Crippen LogP contribution in [0.1, 0.15) is 37.2 Å². The molecule has 1 N–H and O–H groups in total. The van der Waals surface area contributed by atoms with Crippen LogP contribution in [0.2, 0.25) is 0 Å². The highest BCUT2D eigenvalue weighted by Crippen LogP contribution is 2.35. The zero-order chi connectivity index (χ0) is 20.4. The van der Waals surface area contributed by atoms with Gasteiger partial charge in [0.05, 0.1) is 15.8 Å². The molecule has 9 heteroatoms. The molecule has 0 spiro atoms. The van der Waals surface area contributed by atoms with Crippen molar-refractivity contribution in [2.75, 3.05) is 0 Å².